The molecule has 3 aromatic rings. The Morgan fingerprint density at radius 3 is 2.55 bits per heavy atom. The fourth-order valence-corrected chi connectivity index (χ4v) is 3.67. The van der Waals surface area contributed by atoms with Crippen LogP contribution in [0.2, 0.25) is 0 Å². The fourth-order valence-electron chi connectivity index (χ4n) is 3.67. The molecule has 0 radical (unpaired) electrons. The molecular weight excluding hydrogens is 400 g/mol. The number of amides is 1. The molecule has 160 valence electrons. The van der Waals surface area contributed by atoms with Crippen molar-refractivity contribution in [2.24, 2.45) is 0 Å². The quantitative estimate of drug-likeness (QED) is 0.618. The van der Waals surface area contributed by atoms with Crippen LogP contribution in [0.5, 0.6) is 0 Å². The summed E-state index contributed by atoms with van der Waals surface area (Å²) in [5, 5.41) is 5.72. The molecule has 8 heteroatoms. The maximum atomic E-state index is 13.7. The van der Waals surface area contributed by atoms with Crippen molar-refractivity contribution in [3.63, 3.8) is 0 Å². The number of rotatable bonds is 6. The Labute approximate surface area is 179 Å². The van der Waals surface area contributed by atoms with Gasteiger partial charge in [-0.15, -0.1) is 0 Å². The zero-order valence-corrected chi connectivity index (χ0v) is 16.9. The van der Waals surface area contributed by atoms with E-state index < -0.39 is 5.82 Å². The number of nitrogens with one attached hydrogen (secondary N) is 2. The maximum absolute atomic E-state index is 13.7. The standard InChI is InChI=1S/C23H23F2N5O/c24-17-8-9-21(26-14-17)29-22-7-3-6-19(27-22)16-10-12-30(13-11-16)15-23(31)28-20-5-2-1-4-18(20)25/h1-9,14,16H,10-13,15H2,(H,28,31)(H,26,27,29). The fraction of sp³-hybridized carbons (Fsp3) is 0.261. The van der Waals surface area contributed by atoms with Gasteiger partial charge in [-0.05, 0) is 62.3 Å². The van der Waals surface area contributed by atoms with Crippen LogP contribution in [0.3, 0.4) is 0 Å². The van der Waals surface area contributed by atoms with E-state index in [9.17, 15) is 13.6 Å². The monoisotopic (exact) mass is 423 g/mol. The minimum Gasteiger partial charge on any atom is -0.325 e. The van der Waals surface area contributed by atoms with Crippen molar-refractivity contribution < 1.29 is 13.6 Å². The van der Waals surface area contributed by atoms with Gasteiger partial charge in [0.2, 0.25) is 5.91 Å². The second-order valence-electron chi connectivity index (χ2n) is 7.51. The number of aromatic nitrogens is 2. The van der Waals surface area contributed by atoms with Gasteiger partial charge in [0.15, 0.2) is 0 Å². The number of carbonyl (C=O) groups excluding carboxylic acids is 1. The number of para-hydroxylation sites is 1. The van der Waals surface area contributed by atoms with Crippen LogP contribution in [-0.2, 0) is 4.79 Å². The number of carbonyl (C=O) groups is 1. The van der Waals surface area contributed by atoms with Crippen molar-refractivity contribution >= 4 is 23.2 Å². The molecule has 2 aromatic heterocycles. The minimum atomic E-state index is -0.440. The van der Waals surface area contributed by atoms with E-state index in [4.69, 9.17) is 0 Å². The van der Waals surface area contributed by atoms with Crippen LogP contribution in [0.1, 0.15) is 24.5 Å². The number of nitrogens with zero attached hydrogens (tertiary/aromatic N) is 3. The van der Waals surface area contributed by atoms with Gasteiger partial charge in [-0.1, -0.05) is 18.2 Å². The van der Waals surface area contributed by atoms with Crippen LogP contribution >= 0.6 is 0 Å². The molecule has 1 saturated heterocycles. The minimum absolute atomic E-state index is 0.201. The first-order valence-corrected chi connectivity index (χ1v) is 10.2. The molecule has 1 aliphatic rings. The van der Waals surface area contributed by atoms with Crippen molar-refractivity contribution in [3.8, 4) is 0 Å². The van der Waals surface area contributed by atoms with Crippen LogP contribution in [0.4, 0.5) is 26.1 Å². The van der Waals surface area contributed by atoms with E-state index >= 15 is 0 Å². The van der Waals surface area contributed by atoms with Crippen molar-refractivity contribution in [1.82, 2.24) is 14.9 Å². The first kappa shape index (κ1) is 20.9. The highest BCUT2D eigenvalue weighted by Gasteiger charge is 2.23. The Balaban J connectivity index is 1.30. The zero-order chi connectivity index (χ0) is 21.6. The lowest BCUT2D eigenvalue weighted by Gasteiger charge is -2.31. The Kier molecular flexibility index (Phi) is 6.47. The van der Waals surface area contributed by atoms with Gasteiger partial charge in [-0.3, -0.25) is 9.69 Å². The van der Waals surface area contributed by atoms with E-state index in [1.807, 2.05) is 18.2 Å². The molecule has 2 N–H and O–H groups in total. The number of benzene rings is 1. The van der Waals surface area contributed by atoms with E-state index in [0.717, 1.165) is 37.8 Å². The maximum Gasteiger partial charge on any atom is 0.238 e. The van der Waals surface area contributed by atoms with E-state index in [2.05, 4.69) is 25.5 Å². The molecule has 0 spiro atoms. The van der Waals surface area contributed by atoms with Crippen LogP contribution in [0.25, 0.3) is 0 Å². The molecule has 0 atom stereocenters. The highest BCUT2D eigenvalue weighted by atomic mass is 19.1. The highest BCUT2D eigenvalue weighted by molar-refractivity contribution is 5.92. The summed E-state index contributed by atoms with van der Waals surface area (Å²) >= 11 is 0. The summed E-state index contributed by atoms with van der Waals surface area (Å²) in [5.41, 5.74) is 1.18. The summed E-state index contributed by atoms with van der Waals surface area (Å²) in [6.45, 7) is 1.74. The Hall–Kier alpha value is -3.39. The van der Waals surface area contributed by atoms with Crippen LogP contribution in [-0.4, -0.2) is 40.4 Å². The summed E-state index contributed by atoms with van der Waals surface area (Å²) in [4.78, 5) is 23.0. The Bertz CT molecular complexity index is 1040. The van der Waals surface area contributed by atoms with E-state index in [-0.39, 0.29) is 29.9 Å². The van der Waals surface area contributed by atoms with Crippen LogP contribution < -0.4 is 10.6 Å². The van der Waals surface area contributed by atoms with E-state index in [1.54, 1.807) is 24.3 Å². The first-order chi connectivity index (χ1) is 15.1. The Morgan fingerprint density at radius 1 is 1.00 bits per heavy atom. The summed E-state index contributed by atoms with van der Waals surface area (Å²) in [7, 11) is 0. The summed E-state index contributed by atoms with van der Waals surface area (Å²) in [6, 6.07) is 14.8. The topological polar surface area (TPSA) is 70.2 Å². The Morgan fingerprint density at radius 2 is 1.81 bits per heavy atom. The number of likely N-dealkylation sites (tertiary alicyclic amines) is 1. The molecule has 1 amide bonds. The normalized spacial score (nSPS) is 14.9. The number of anilines is 3. The van der Waals surface area contributed by atoms with Crippen molar-refractivity contribution in [1.29, 1.82) is 0 Å². The summed E-state index contributed by atoms with van der Waals surface area (Å²) in [5.74, 6) is 0.421. The van der Waals surface area contributed by atoms with Gasteiger partial charge in [0.05, 0.1) is 18.4 Å². The van der Waals surface area contributed by atoms with Crippen molar-refractivity contribution in [3.05, 3.63) is 78.1 Å². The smallest absolute Gasteiger partial charge is 0.238 e. The lowest BCUT2D eigenvalue weighted by Crippen LogP contribution is -2.39. The number of halogens is 2. The van der Waals surface area contributed by atoms with Crippen molar-refractivity contribution in [2.75, 3.05) is 30.3 Å². The number of hydrogen-bond acceptors (Lipinski definition) is 5. The highest BCUT2D eigenvalue weighted by Crippen LogP contribution is 2.28. The van der Waals surface area contributed by atoms with Gasteiger partial charge >= 0.3 is 0 Å². The molecule has 0 bridgehead atoms. The average Bonchev–Trinajstić information content (AvgIpc) is 2.78. The van der Waals surface area contributed by atoms with Crippen molar-refractivity contribution in [2.45, 2.75) is 18.8 Å². The second kappa shape index (κ2) is 9.61. The first-order valence-electron chi connectivity index (χ1n) is 10.2. The predicted molar refractivity (Wildman–Crippen MR) is 115 cm³/mol. The summed E-state index contributed by atoms with van der Waals surface area (Å²) in [6.07, 6.45) is 2.90. The molecule has 1 aliphatic heterocycles. The average molecular weight is 423 g/mol. The van der Waals surface area contributed by atoms with Crippen LogP contribution in [0, 0.1) is 11.6 Å². The number of hydrogen-bond donors (Lipinski definition) is 2. The molecule has 0 aliphatic carbocycles. The lowest BCUT2D eigenvalue weighted by atomic mass is 9.93. The second-order valence-corrected chi connectivity index (χ2v) is 7.51. The molecule has 31 heavy (non-hydrogen) atoms. The number of pyridine rings is 2. The summed E-state index contributed by atoms with van der Waals surface area (Å²) < 4.78 is 26.7. The van der Waals surface area contributed by atoms with Gasteiger partial charge in [0, 0.05) is 11.6 Å². The van der Waals surface area contributed by atoms with Gasteiger partial charge in [0.1, 0.15) is 23.3 Å². The van der Waals surface area contributed by atoms with E-state index in [1.165, 1.54) is 12.1 Å². The zero-order valence-electron chi connectivity index (χ0n) is 16.9. The predicted octanol–water partition coefficient (Wildman–Crippen LogP) is 4.32. The molecular formula is C23H23F2N5O. The molecule has 0 saturated carbocycles. The third kappa shape index (κ3) is 5.61. The van der Waals surface area contributed by atoms with Gasteiger partial charge < -0.3 is 10.6 Å². The molecule has 4 rings (SSSR count). The largest absolute Gasteiger partial charge is 0.325 e. The lowest BCUT2D eigenvalue weighted by molar-refractivity contribution is -0.117. The van der Waals surface area contributed by atoms with E-state index in [0.29, 0.717) is 11.6 Å². The molecule has 3 heterocycles. The van der Waals surface area contributed by atoms with Gasteiger partial charge in [-0.25, -0.2) is 18.7 Å². The van der Waals surface area contributed by atoms with Crippen LogP contribution in [0.15, 0.2) is 60.8 Å². The molecule has 0 unspecified atom stereocenters. The number of piperidine rings is 1. The molecule has 1 fully saturated rings. The SMILES string of the molecule is O=C(CN1CCC(c2cccc(Nc3ccc(F)cn3)n2)CC1)Nc1ccccc1F. The molecule has 1 aromatic carbocycles. The molecule has 6 nitrogen and oxygen atoms in total. The third-order valence-corrected chi connectivity index (χ3v) is 5.28. The van der Waals surface area contributed by atoms with Gasteiger partial charge in [-0.2, -0.15) is 0 Å². The third-order valence-electron chi connectivity index (χ3n) is 5.28. The van der Waals surface area contributed by atoms with Gasteiger partial charge in [0.25, 0.3) is 0 Å².